The van der Waals surface area contributed by atoms with Gasteiger partial charge >= 0.3 is 6.18 Å². The van der Waals surface area contributed by atoms with Gasteiger partial charge in [-0.2, -0.15) is 18.4 Å². The molecule has 3 nitrogen and oxygen atoms in total. The molecule has 19 heavy (non-hydrogen) atoms. The Morgan fingerprint density at radius 2 is 1.79 bits per heavy atom. The highest BCUT2D eigenvalue weighted by Gasteiger charge is 2.39. The normalized spacial score (nSPS) is 11.4. The van der Waals surface area contributed by atoms with E-state index in [1.54, 1.807) is 0 Å². The third-order valence-corrected chi connectivity index (χ3v) is 2.93. The summed E-state index contributed by atoms with van der Waals surface area (Å²) < 4.78 is 39.6. The Bertz CT molecular complexity index is 651. The van der Waals surface area contributed by atoms with Gasteiger partial charge in [-0.1, -0.05) is 29.3 Å². The fraction of sp³-hybridized carbons (Fsp3) is 0.0909. The summed E-state index contributed by atoms with van der Waals surface area (Å²) in [6, 6.07) is 5.69. The minimum atomic E-state index is -4.75. The molecule has 0 aliphatic rings. The first kappa shape index (κ1) is 13.7. The molecule has 0 unspecified atom stereocenters. The maximum Gasteiger partial charge on any atom is 0.434 e. The molecule has 0 saturated heterocycles. The number of benzene rings is 1. The highest BCUT2D eigenvalue weighted by atomic mass is 35.5. The molecule has 1 aromatic heterocycles. The van der Waals surface area contributed by atoms with Crippen LogP contribution in [0.25, 0.3) is 5.69 Å². The van der Waals surface area contributed by atoms with Gasteiger partial charge in [0.2, 0.25) is 0 Å². The molecule has 0 spiro atoms. The zero-order chi connectivity index (χ0) is 14.2. The van der Waals surface area contributed by atoms with Crippen molar-refractivity contribution in [2.45, 2.75) is 6.18 Å². The summed E-state index contributed by atoms with van der Waals surface area (Å²) in [5, 5.41) is 8.74. The second kappa shape index (κ2) is 4.76. The number of imidazole rings is 1. The average Bonchev–Trinajstić information content (AvgIpc) is 2.72. The Morgan fingerprint density at radius 3 is 2.26 bits per heavy atom. The van der Waals surface area contributed by atoms with Gasteiger partial charge in [-0.05, 0) is 12.1 Å². The number of hydrogen-bond donors (Lipinski definition) is 0. The molecule has 0 fully saturated rings. The van der Waals surface area contributed by atoms with Crippen molar-refractivity contribution in [1.82, 2.24) is 9.55 Å². The molecule has 0 aliphatic carbocycles. The number of rotatable bonds is 1. The SMILES string of the molecule is N#Cc1ncn(-c2c(Cl)cccc2Cl)c1C(F)(F)F. The molecule has 0 amide bonds. The van der Waals surface area contributed by atoms with Crippen molar-refractivity contribution in [3.05, 3.63) is 46.0 Å². The van der Waals surface area contributed by atoms with Crippen LogP contribution in [-0.2, 0) is 6.18 Å². The molecule has 0 bridgehead atoms. The molecular weight excluding hydrogens is 302 g/mol. The van der Waals surface area contributed by atoms with Crippen LogP contribution in [0.15, 0.2) is 24.5 Å². The maximum atomic E-state index is 13.0. The van der Waals surface area contributed by atoms with Gasteiger partial charge in [-0.3, -0.25) is 4.57 Å². The molecule has 0 saturated carbocycles. The Balaban J connectivity index is 2.79. The predicted octanol–water partition coefficient (Wildman–Crippen LogP) is 4.07. The smallest absolute Gasteiger partial charge is 0.291 e. The van der Waals surface area contributed by atoms with Crippen molar-refractivity contribution < 1.29 is 13.2 Å². The summed E-state index contributed by atoms with van der Waals surface area (Å²) in [4.78, 5) is 3.42. The lowest BCUT2D eigenvalue weighted by Gasteiger charge is -2.13. The van der Waals surface area contributed by atoms with Crippen LogP contribution in [0.3, 0.4) is 0 Å². The zero-order valence-electron chi connectivity index (χ0n) is 9.04. The first-order valence-electron chi connectivity index (χ1n) is 4.85. The van der Waals surface area contributed by atoms with E-state index >= 15 is 0 Å². The van der Waals surface area contributed by atoms with Crippen LogP contribution in [0.4, 0.5) is 13.2 Å². The molecular formula is C11H4Cl2F3N3. The van der Waals surface area contributed by atoms with Gasteiger partial charge in [0, 0.05) is 0 Å². The van der Waals surface area contributed by atoms with Crippen LogP contribution in [0, 0.1) is 11.3 Å². The summed E-state index contributed by atoms with van der Waals surface area (Å²) in [5.41, 5.74) is -2.00. The van der Waals surface area contributed by atoms with E-state index in [9.17, 15) is 13.2 Å². The minimum absolute atomic E-state index is 0.0277. The first-order chi connectivity index (χ1) is 8.86. The van der Waals surface area contributed by atoms with E-state index in [1.165, 1.54) is 24.3 Å². The molecule has 0 atom stereocenters. The van der Waals surface area contributed by atoms with Crippen molar-refractivity contribution in [1.29, 1.82) is 5.26 Å². The number of hydrogen-bond acceptors (Lipinski definition) is 2. The van der Waals surface area contributed by atoms with Crippen molar-refractivity contribution in [2.24, 2.45) is 0 Å². The maximum absolute atomic E-state index is 13.0. The van der Waals surface area contributed by atoms with Crippen LogP contribution >= 0.6 is 23.2 Å². The summed E-state index contributed by atoms with van der Waals surface area (Å²) in [6.07, 6.45) is -3.88. The van der Waals surface area contributed by atoms with Crippen LogP contribution < -0.4 is 0 Å². The minimum Gasteiger partial charge on any atom is -0.291 e. The molecule has 2 rings (SSSR count). The van der Waals surface area contributed by atoms with E-state index in [0.717, 1.165) is 6.33 Å². The second-order valence-electron chi connectivity index (χ2n) is 3.49. The van der Waals surface area contributed by atoms with Crippen LogP contribution in [0.5, 0.6) is 0 Å². The van der Waals surface area contributed by atoms with Gasteiger partial charge in [-0.15, -0.1) is 0 Å². The molecule has 98 valence electrons. The van der Waals surface area contributed by atoms with Crippen molar-refractivity contribution >= 4 is 23.2 Å². The molecule has 0 N–H and O–H groups in total. The van der Waals surface area contributed by atoms with E-state index in [4.69, 9.17) is 28.5 Å². The van der Waals surface area contributed by atoms with Crippen LogP contribution in [-0.4, -0.2) is 9.55 Å². The van der Waals surface area contributed by atoms with E-state index in [-0.39, 0.29) is 15.7 Å². The Labute approximate surface area is 115 Å². The standard InChI is InChI=1S/C11H4Cl2F3N3/c12-6-2-1-3-7(13)9(6)19-5-18-8(4-17)10(19)11(14,15)16/h1-3,5H. The highest BCUT2D eigenvalue weighted by Crippen LogP contribution is 2.37. The van der Waals surface area contributed by atoms with Crippen LogP contribution in [0.2, 0.25) is 10.0 Å². The fourth-order valence-corrected chi connectivity index (χ4v) is 2.17. The van der Waals surface area contributed by atoms with Gasteiger partial charge in [0.1, 0.15) is 12.4 Å². The third kappa shape index (κ3) is 2.39. The summed E-state index contributed by atoms with van der Waals surface area (Å²) in [6.45, 7) is 0. The number of nitrogens with zero attached hydrogens (tertiary/aromatic N) is 3. The monoisotopic (exact) mass is 305 g/mol. The topological polar surface area (TPSA) is 41.6 Å². The van der Waals surface area contributed by atoms with Gasteiger partial charge in [0.25, 0.3) is 0 Å². The van der Waals surface area contributed by atoms with Crippen molar-refractivity contribution in [2.75, 3.05) is 0 Å². The molecule has 0 aliphatic heterocycles. The Kier molecular flexibility index (Phi) is 3.43. The molecule has 1 aromatic carbocycles. The van der Waals surface area contributed by atoms with Gasteiger partial charge in [0.15, 0.2) is 11.4 Å². The average molecular weight is 306 g/mol. The fourth-order valence-electron chi connectivity index (χ4n) is 1.59. The lowest BCUT2D eigenvalue weighted by Crippen LogP contribution is -2.14. The van der Waals surface area contributed by atoms with Gasteiger partial charge in [-0.25, -0.2) is 4.98 Å². The number of halogens is 5. The summed E-state index contributed by atoms with van der Waals surface area (Å²) in [5.74, 6) is 0. The second-order valence-corrected chi connectivity index (χ2v) is 4.31. The van der Waals surface area contributed by atoms with Gasteiger partial charge in [0.05, 0.1) is 15.7 Å². The molecule has 0 radical (unpaired) electrons. The quantitative estimate of drug-likeness (QED) is 0.797. The van der Waals surface area contributed by atoms with E-state index < -0.39 is 17.6 Å². The highest BCUT2D eigenvalue weighted by molar-refractivity contribution is 6.37. The predicted molar refractivity (Wildman–Crippen MR) is 63.3 cm³/mol. The van der Waals surface area contributed by atoms with Crippen LogP contribution in [0.1, 0.15) is 11.4 Å². The summed E-state index contributed by atoms with van der Waals surface area (Å²) in [7, 11) is 0. The van der Waals surface area contributed by atoms with Gasteiger partial charge < -0.3 is 0 Å². The largest absolute Gasteiger partial charge is 0.434 e. The van der Waals surface area contributed by atoms with Crippen molar-refractivity contribution in [3.8, 4) is 11.8 Å². The lowest BCUT2D eigenvalue weighted by molar-refractivity contribution is -0.142. The van der Waals surface area contributed by atoms with Crippen molar-refractivity contribution in [3.63, 3.8) is 0 Å². The first-order valence-corrected chi connectivity index (χ1v) is 5.61. The number of nitriles is 1. The third-order valence-electron chi connectivity index (χ3n) is 2.32. The summed E-state index contributed by atoms with van der Waals surface area (Å²) >= 11 is 11.7. The van der Waals surface area contributed by atoms with E-state index in [0.29, 0.717) is 4.57 Å². The molecule has 1 heterocycles. The zero-order valence-corrected chi connectivity index (χ0v) is 10.6. The molecule has 2 aromatic rings. The number of alkyl halides is 3. The van der Waals surface area contributed by atoms with E-state index in [2.05, 4.69) is 4.98 Å². The molecule has 8 heteroatoms. The Morgan fingerprint density at radius 1 is 1.21 bits per heavy atom. The number of aromatic nitrogens is 2. The Hall–Kier alpha value is -1.71. The lowest BCUT2D eigenvalue weighted by atomic mass is 10.2. The van der Waals surface area contributed by atoms with E-state index in [1.807, 2.05) is 0 Å². The number of para-hydroxylation sites is 1.